The lowest BCUT2D eigenvalue weighted by molar-refractivity contribution is -0.145. The van der Waals surface area contributed by atoms with E-state index in [0.29, 0.717) is 30.2 Å². The fourth-order valence-corrected chi connectivity index (χ4v) is 6.67. The Labute approximate surface area is 225 Å². The summed E-state index contributed by atoms with van der Waals surface area (Å²) in [6.07, 6.45) is 0. The highest BCUT2D eigenvalue weighted by molar-refractivity contribution is 7.89. The zero-order valence-corrected chi connectivity index (χ0v) is 23.4. The van der Waals surface area contributed by atoms with Crippen molar-refractivity contribution >= 4 is 16.0 Å². The number of aryl methyl sites for hydroxylation is 1. The first kappa shape index (κ1) is 27.7. The number of fused-ring (bicyclic) bond motifs is 1. The monoisotopic (exact) mass is 537 g/mol. The molecule has 4 rings (SSSR count). The van der Waals surface area contributed by atoms with Gasteiger partial charge in [-0.25, -0.2) is 13.2 Å². The van der Waals surface area contributed by atoms with E-state index in [0.717, 1.165) is 16.7 Å². The molecule has 3 aromatic rings. The summed E-state index contributed by atoms with van der Waals surface area (Å²) in [6, 6.07) is 20.2. The van der Waals surface area contributed by atoms with Crippen LogP contribution in [-0.4, -0.2) is 38.5 Å². The summed E-state index contributed by atoms with van der Waals surface area (Å²) >= 11 is 0. The van der Waals surface area contributed by atoms with E-state index in [-0.39, 0.29) is 24.2 Å². The third-order valence-corrected chi connectivity index (χ3v) is 8.75. The Kier molecular flexibility index (Phi) is 8.13. The molecule has 1 heterocycles. The van der Waals surface area contributed by atoms with Crippen molar-refractivity contribution in [1.82, 2.24) is 4.31 Å². The predicted molar refractivity (Wildman–Crippen MR) is 146 cm³/mol. The summed E-state index contributed by atoms with van der Waals surface area (Å²) in [4.78, 5) is 11.8. The molecule has 0 N–H and O–H groups in total. The van der Waals surface area contributed by atoms with Crippen LogP contribution in [0.2, 0.25) is 0 Å². The van der Waals surface area contributed by atoms with Crippen molar-refractivity contribution in [3.05, 3.63) is 89.0 Å². The highest BCUT2D eigenvalue weighted by Crippen LogP contribution is 2.43. The van der Waals surface area contributed by atoms with Gasteiger partial charge in [-0.05, 0) is 73.4 Å². The number of sulfonamides is 1. The summed E-state index contributed by atoms with van der Waals surface area (Å²) < 4.78 is 45.8. The minimum atomic E-state index is -3.83. The molecule has 8 heteroatoms. The van der Waals surface area contributed by atoms with Gasteiger partial charge in [-0.15, -0.1) is 0 Å². The molecule has 1 aliphatic rings. The number of benzene rings is 3. The maximum absolute atomic E-state index is 13.9. The molecule has 0 bridgehead atoms. The van der Waals surface area contributed by atoms with E-state index in [1.54, 1.807) is 30.3 Å². The van der Waals surface area contributed by atoms with E-state index in [4.69, 9.17) is 14.2 Å². The van der Waals surface area contributed by atoms with Crippen molar-refractivity contribution in [3.63, 3.8) is 0 Å². The molecule has 1 unspecified atom stereocenters. The lowest BCUT2D eigenvalue weighted by Crippen LogP contribution is -2.47. The normalized spacial score (nSPS) is 16.9. The van der Waals surface area contributed by atoms with Crippen molar-refractivity contribution in [1.29, 1.82) is 0 Å². The van der Waals surface area contributed by atoms with Gasteiger partial charge >= 0.3 is 5.97 Å². The lowest BCUT2D eigenvalue weighted by Gasteiger charge is -2.43. The van der Waals surface area contributed by atoms with Gasteiger partial charge in [-0.1, -0.05) is 50.2 Å². The Morgan fingerprint density at radius 2 is 1.76 bits per heavy atom. The van der Waals surface area contributed by atoms with E-state index in [9.17, 15) is 13.2 Å². The van der Waals surface area contributed by atoms with E-state index >= 15 is 0 Å². The molecule has 0 saturated carbocycles. The molecule has 0 saturated heterocycles. The summed E-state index contributed by atoms with van der Waals surface area (Å²) in [6.45, 7) is 10.3. The highest BCUT2D eigenvalue weighted by Gasteiger charge is 2.42. The number of hydrogen-bond donors (Lipinski definition) is 0. The number of hydrogen-bond acceptors (Lipinski definition) is 6. The first-order valence-corrected chi connectivity index (χ1v) is 14.2. The van der Waals surface area contributed by atoms with Gasteiger partial charge in [0.2, 0.25) is 10.0 Å². The van der Waals surface area contributed by atoms with Crippen LogP contribution in [0.25, 0.3) is 0 Å². The predicted octanol–water partition coefficient (Wildman–Crippen LogP) is 5.56. The Morgan fingerprint density at radius 3 is 2.45 bits per heavy atom. The second-order valence-corrected chi connectivity index (χ2v) is 12.0. The molecular formula is C30H35NO6S. The number of carbonyl (C=O) groups is 1. The first-order chi connectivity index (χ1) is 18.0. The SMILES string of the molecule is CCOC(=O)COc1ccc(S(=O)(=O)N2CC(C)(C)c3ccc(OCc4ccccc4)cc3C2C)cc1C. The number of ether oxygens (including phenoxy) is 3. The second kappa shape index (κ2) is 11.2. The number of carbonyl (C=O) groups excluding carboxylic acids is 1. The zero-order chi connectivity index (χ0) is 27.5. The van der Waals surface area contributed by atoms with Gasteiger partial charge in [0.25, 0.3) is 0 Å². The second-order valence-electron chi connectivity index (χ2n) is 10.2. The molecule has 0 radical (unpaired) electrons. The summed E-state index contributed by atoms with van der Waals surface area (Å²) in [5, 5.41) is 0. The molecule has 1 aliphatic heterocycles. The van der Waals surface area contributed by atoms with Crippen LogP contribution in [0.3, 0.4) is 0 Å². The third kappa shape index (κ3) is 5.87. The van der Waals surface area contributed by atoms with E-state index in [1.807, 2.05) is 49.4 Å². The molecule has 0 spiro atoms. The molecule has 38 heavy (non-hydrogen) atoms. The quantitative estimate of drug-likeness (QED) is 0.333. The molecular weight excluding hydrogens is 502 g/mol. The van der Waals surface area contributed by atoms with Gasteiger partial charge in [0.1, 0.15) is 18.1 Å². The van der Waals surface area contributed by atoms with Crippen LogP contribution in [0.5, 0.6) is 11.5 Å². The molecule has 7 nitrogen and oxygen atoms in total. The van der Waals surface area contributed by atoms with Crippen LogP contribution >= 0.6 is 0 Å². The first-order valence-electron chi connectivity index (χ1n) is 12.7. The topological polar surface area (TPSA) is 82.1 Å². The molecule has 3 aromatic carbocycles. The van der Waals surface area contributed by atoms with Crippen molar-refractivity contribution < 1.29 is 27.4 Å². The van der Waals surface area contributed by atoms with Gasteiger partial charge in [-0.2, -0.15) is 4.31 Å². The van der Waals surface area contributed by atoms with Crippen molar-refractivity contribution in [2.24, 2.45) is 0 Å². The number of rotatable bonds is 9. The standard InChI is InChI=1S/C30H35NO6S/c1-6-35-29(32)19-37-28-15-13-25(16-21(28)2)38(33,34)31-20-30(4,5)27-14-12-24(17-26(27)22(31)3)36-18-23-10-8-7-9-11-23/h7-17,22H,6,18-20H2,1-5H3. The smallest absolute Gasteiger partial charge is 0.344 e. The Bertz CT molecular complexity index is 1400. The summed E-state index contributed by atoms with van der Waals surface area (Å²) in [7, 11) is -3.83. The van der Waals surface area contributed by atoms with Gasteiger partial charge in [0.15, 0.2) is 6.61 Å². The van der Waals surface area contributed by atoms with Gasteiger partial charge in [-0.3, -0.25) is 0 Å². The molecule has 202 valence electrons. The Morgan fingerprint density at radius 1 is 1.03 bits per heavy atom. The maximum atomic E-state index is 13.9. The highest BCUT2D eigenvalue weighted by atomic mass is 32.2. The Hall–Kier alpha value is -3.36. The summed E-state index contributed by atoms with van der Waals surface area (Å²) in [5.74, 6) is 0.668. The van der Waals surface area contributed by atoms with Crippen LogP contribution in [-0.2, 0) is 31.6 Å². The zero-order valence-electron chi connectivity index (χ0n) is 22.6. The molecule has 0 aliphatic carbocycles. The van der Waals surface area contributed by atoms with Crippen LogP contribution in [0, 0.1) is 6.92 Å². The van der Waals surface area contributed by atoms with E-state index in [1.165, 1.54) is 6.07 Å². The van der Waals surface area contributed by atoms with Crippen molar-refractivity contribution in [2.75, 3.05) is 19.8 Å². The van der Waals surface area contributed by atoms with E-state index in [2.05, 4.69) is 19.9 Å². The van der Waals surface area contributed by atoms with Crippen LogP contribution in [0.1, 0.15) is 56.0 Å². The molecule has 0 amide bonds. The van der Waals surface area contributed by atoms with Crippen molar-refractivity contribution in [2.45, 2.75) is 57.6 Å². The molecule has 0 fully saturated rings. The minimum absolute atomic E-state index is 0.182. The summed E-state index contributed by atoms with van der Waals surface area (Å²) in [5.41, 5.74) is 3.33. The average Bonchev–Trinajstić information content (AvgIpc) is 2.89. The molecule has 0 aromatic heterocycles. The third-order valence-electron chi connectivity index (χ3n) is 6.84. The fourth-order valence-electron chi connectivity index (χ4n) is 4.81. The van der Waals surface area contributed by atoms with Crippen LogP contribution in [0.15, 0.2) is 71.6 Å². The lowest BCUT2D eigenvalue weighted by atomic mass is 9.77. The fraction of sp³-hybridized carbons (Fsp3) is 0.367. The van der Waals surface area contributed by atoms with Gasteiger partial charge < -0.3 is 14.2 Å². The minimum Gasteiger partial charge on any atom is -0.489 e. The van der Waals surface area contributed by atoms with E-state index < -0.39 is 21.4 Å². The molecule has 1 atom stereocenters. The van der Waals surface area contributed by atoms with Crippen LogP contribution < -0.4 is 9.47 Å². The average molecular weight is 538 g/mol. The number of esters is 1. The van der Waals surface area contributed by atoms with Gasteiger partial charge in [0.05, 0.1) is 11.5 Å². The van der Waals surface area contributed by atoms with Crippen molar-refractivity contribution in [3.8, 4) is 11.5 Å². The number of nitrogens with zero attached hydrogens (tertiary/aromatic N) is 1. The maximum Gasteiger partial charge on any atom is 0.344 e. The van der Waals surface area contributed by atoms with Crippen LogP contribution in [0.4, 0.5) is 0 Å². The Balaban J connectivity index is 1.58. The van der Waals surface area contributed by atoms with Gasteiger partial charge in [0, 0.05) is 18.0 Å². The largest absolute Gasteiger partial charge is 0.489 e.